The van der Waals surface area contributed by atoms with Crippen molar-refractivity contribution in [1.29, 1.82) is 0 Å². The van der Waals surface area contributed by atoms with E-state index in [4.69, 9.17) is 0 Å². The molecule has 2 aliphatic heterocycles. The fourth-order valence-corrected chi connectivity index (χ4v) is 5.22. The van der Waals surface area contributed by atoms with Gasteiger partial charge in [-0.15, -0.1) is 11.8 Å². The Labute approximate surface area is 180 Å². The summed E-state index contributed by atoms with van der Waals surface area (Å²) in [5, 5.41) is 2.05. The average Bonchev–Trinajstić information content (AvgIpc) is 3.23. The number of hydrogen-bond acceptors (Lipinski definition) is 4. The minimum absolute atomic E-state index is 0.132. The van der Waals surface area contributed by atoms with E-state index in [-0.39, 0.29) is 24.3 Å². The molecule has 1 N–H and O–H groups in total. The van der Waals surface area contributed by atoms with E-state index in [1.165, 1.54) is 16.7 Å². The summed E-state index contributed by atoms with van der Waals surface area (Å²) >= 11 is 1.28. The van der Waals surface area contributed by atoms with Crippen LogP contribution in [0.25, 0.3) is 0 Å². The molecule has 2 heterocycles. The Hall–Kier alpha value is -2.80. The van der Waals surface area contributed by atoms with Crippen molar-refractivity contribution in [3.8, 4) is 0 Å². The molecule has 0 saturated carbocycles. The molecule has 1 atom stereocenters. The van der Waals surface area contributed by atoms with Crippen LogP contribution >= 0.6 is 11.8 Å². The SMILES string of the molecule is Cc1cc(C)cc(NC(=O)CN2C(=O)[C@H](C(=O)N3CCCC3)Sc3ccccc32)c1. The molecule has 0 aromatic heterocycles. The zero-order valence-corrected chi connectivity index (χ0v) is 18.0. The van der Waals surface area contributed by atoms with E-state index in [0.717, 1.165) is 28.9 Å². The van der Waals surface area contributed by atoms with Crippen molar-refractivity contribution in [1.82, 2.24) is 4.90 Å². The van der Waals surface area contributed by atoms with Crippen LogP contribution in [0.3, 0.4) is 0 Å². The summed E-state index contributed by atoms with van der Waals surface area (Å²) in [6, 6.07) is 13.3. The zero-order valence-electron chi connectivity index (χ0n) is 17.2. The second kappa shape index (κ2) is 8.52. The summed E-state index contributed by atoms with van der Waals surface area (Å²) in [6.07, 6.45) is 1.94. The van der Waals surface area contributed by atoms with Crippen molar-refractivity contribution in [2.75, 3.05) is 29.9 Å². The Balaban J connectivity index is 1.56. The largest absolute Gasteiger partial charge is 0.341 e. The van der Waals surface area contributed by atoms with Crippen LogP contribution in [0.5, 0.6) is 0 Å². The van der Waals surface area contributed by atoms with Crippen LogP contribution in [0, 0.1) is 13.8 Å². The summed E-state index contributed by atoms with van der Waals surface area (Å²) in [4.78, 5) is 43.1. The number of thioether (sulfide) groups is 1. The molecule has 2 aliphatic rings. The molecule has 2 aromatic carbocycles. The second-order valence-corrected chi connectivity index (χ2v) is 8.99. The standard InChI is InChI=1S/C23H25N3O3S/c1-15-11-16(2)13-17(12-15)24-20(27)14-26-18-7-3-4-8-19(18)30-21(23(26)29)22(28)25-9-5-6-10-25/h3-4,7-8,11-13,21H,5-6,9-10,14H2,1-2H3,(H,24,27)/t21-/m0/s1. The molecule has 6 nitrogen and oxygen atoms in total. The number of carbonyl (C=O) groups is 3. The fraction of sp³-hybridized carbons (Fsp3) is 0.348. The van der Waals surface area contributed by atoms with Gasteiger partial charge in [0, 0.05) is 23.7 Å². The number of hydrogen-bond donors (Lipinski definition) is 1. The smallest absolute Gasteiger partial charge is 0.250 e. The minimum Gasteiger partial charge on any atom is -0.341 e. The summed E-state index contributed by atoms with van der Waals surface area (Å²) in [5.41, 5.74) is 3.48. The van der Waals surface area contributed by atoms with E-state index in [0.29, 0.717) is 24.5 Å². The molecule has 1 saturated heterocycles. The Morgan fingerprint density at radius 1 is 1.07 bits per heavy atom. The van der Waals surface area contributed by atoms with Gasteiger partial charge in [0.05, 0.1) is 5.69 Å². The quantitative estimate of drug-likeness (QED) is 0.766. The highest BCUT2D eigenvalue weighted by atomic mass is 32.2. The van der Waals surface area contributed by atoms with Gasteiger partial charge in [0.2, 0.25) is 11.8 Å². The minimum atomic E-state index is -0.841. The number of carbonyl (C=O) groups excluding carboxylic acids is 3. The van der Waals surface area contributed by atoms with Crippen molar-refractivity contribution >= 4 is 40.9 Å². The number of fused-ring (bicyclic) bond motifs is 1. The van der Waals surface area contributed by atoms with Gasteiger partial charge in [-0.1, -0.05) is 18.2 Å². The number of likely N-dealkylation sites (tertiary alicyclic amines) is 1. The Morgan fingerprint density at radius 3 is 2.43 bits per heavy atom. The molecular formula is C23H25N3O3S. The van der Waals surface area contributed by atoms with E-state index in [9.17, 15) is 14.4 Å². The average molecular weight is 424 g/mol. The lowest BCUT2D eigenvalue weighted by Crippen LogP contribution is -2.51. The first-order valence-electron chi connectivity index (χ1n) is 10.2. The van der Waals surface area contributed by atoms with Crippen LogP contribution in [0.1, 0.15) is 24.0 Å². The molecule has 3 amide bonds. The van der Waals surface area contributed by atoms with Crippen LogP contribution in [0.2, 0.25) is 0 Å². The van der Waals surface area contributed by atoms with Crippen LogP contribution in [0.4, 0.5) is 11.4 Å². The topological polar surface area (TPSA) is 69.7 Å². The van der Waals surface area contributed by atoms with E-state index in [1.54, 1.807) is 4.90 Å². The van der Waals surface area contributed by atoms with Crippen LogP contribution in [-0.4, -0.2) is 47.5 Å². The second-order valence-electron chi connectivity index (χ2n) is 7.85. The van der Waals surface area contributed by atoms with Gasteiger partial charge in [-0.25, -0.2) is 0 Å². The maximum Gasteiger partial charge on any atom is 0.250 e. The van der Waals surface area contributed by atoms with Crippen molar-refractivity contribution in [2.45, 2.75) is 36.8 Å². The fourth-order valence-electron chi connectivity index (χ4n) is 4.03. The van der Waals surface area contributed by atoms with E-state index < -0.39 is 5.25 Å². The van der Waals surface area contributed by atoms with Gasteiger partial charge >= 0.3 is 0 Å². The van der Waals surface area contributed by atoms with Crippen LogP contribution < -0.4 is 10.2 Å². The molecule has 0 aliphatic carbocycles. The molecule has 156 valence electrons. The molecule has 0 spiro atoms. The van der Waals surface area contributed by atoms with Gasteiger partial charge in [0.15, 0.2) is 5.25 Å². The van der Waals surface area contributed by atoms with Gasteiger partial charge in [0.25, 0.3) is 5.91 Å². The maximum absolute atomic E-state index is 13.3. The van der Waals surface area contributed by atoms with Gasteiger partial charge in [-0.05, 0) is 62.1 Å². The molecule has 1 fully saturated rings. The van der Waals surface area contributed by atoms with Gasteiger partial charge in [0.1, 0.15) is 6.54 Å². The van der Waals surface area contributed by atoms with Gasteiger partial charge in [-0.3, -0.25) is 14.4 Å². The number of rotatable bonds is 4. The summed E-state index contributed by atoms with van der Waals surface area (Å²) < 4.78 is 0. The van der Waals surface area contributed by atoms with E-state index in [1.807, 2.05) is 56.3 Å². The first-order valence-corrected chi connectivity index (χ1v) is 11.0. The number of nitrogens with zero attached hydrogens (tertiary/aromatic N) is 2. The molecule has 2 aromatic rings. The molecule has 30 heavy (non-hydrogen) atoms. The lowest BCUT2D eigenvalue weighted by atomic mass is 10.1. The third kappa shape index (κ3) is 4.21. The predicted octanol–water partition coefficient (Wildman–Crippen LogP) is 3.37. The normalized spacial score (nSPS) is 18.3. The van der Waals surface area contributed by atoms with Gasteiger partial charge < -0.3 is 15.1 Å². The molecule has 0 bridgehead atoms. The van der Waals surface area contributed by atoms with Crippen molar-refractivity contribution in [2.24, 2.45) is 0 Å². The summed E-state index contributed by atoms with van der Waals surface area (Å²) in [7, 11) is 0. The third-order valence-corrected chi connectivity index (χ3v) is 6.58. The maximum atomic E-state index is 13.3. The van der Waals surface area contributed by atoms with Gasteiger partial charge in [-0.2, -0.15) is 0 Å². The first-order chi connectivity index (χ1) is 14.4. The number of benzene rings is 2. The number of aryl methyl sites for hydroxylation is 2. The molecule has 7 heteroatoms. The Bertz CT molecular complexity index is 981. The van der Waals surface area contributed by atoms with Crippen LogP contribution in [-0.2, 0) is 14.4 Å². The molecule has 0 unspecified atom stereocenters. The Morgan fingerprint density at radius 2 is 1.73 bits per heavy atom. The summed E-state index contributed by atoms with van der Waals surface area (Å²) in [6.45, 7) is 5.20. The highest BCUT2D eigenvalue weighted by Crippen LogP contribution is 2.40. The number of para-hydroxylation sites is 1. The monoisotopic (exact) mass is 423 g/mol. The lowest BCUT2D eigenvalue weighted by molar-refractivity contribution is -0.134. The highest BCUT2D eigenvalue weighted by Gasteiger charge is 2.41. The zero-order chi connectivity index (χ0) is 21.3. The lowest BCUT2D eigenvalue weighted by Gasteiger charge is -2.34. The first kappa shape index (κ1) is 20.5. The molecule has 4 rings (SSSR count). The van der Waals surface area contributed by atoms with E-state index >= 15 is 0 Å². The molecular weight excluding hydrogens is 398 g/mol. The summed E-state index contributed by atoms with van der Waals surface area (Å²) in [5.74, 6) is -0.773. The van der Waals surface area contributed by atoms with E-state index in [2.05, 4.69) is 5.32 Å². The van der Waals surface area contributed by atoms with Crippen molar-refractivity contribution in [3.63, 3.8) is 0 Å². The predicted molar refractivity (Wildman–Crippen MR) is 119 cm³/mol. The number of nitrogens with one attached hydrogen (secondary N) is 1. The number of anilines is 2. The Kier molecular flexibility index (Phi) is 5.81. The number of amides is 3. The van der Waals surface area contributed by atoms with Crippen molar-refractivity contribution in [3.05, 3.63) is 53.6 Å². The van der Waals surface area contributed by atoms with Crippen molar-refractivity contribution < 1.29 is 14.4 Å². The third-order valence-electron chi connectivity index (χ3n) is 5.34. The molecule has 0 radical (unpaired) electrons. The highest BCUT2D eigenvalue weighted by molar-refractivity contribution is 8.01. The van der Waals surface area contributed by atoms with Crippen LogP contribution in [0.15, 0.2) is 47.4 Å².